The lowest BCUT2D eigenvalue weighted by molar-refractivity contribution is 1.43. The highest BCUT2D eigenvalue weighted by molar-refractivity contribution is 9.10. The standard InChI is InChI=1S/C12H16BrNSi/c1-9-7-10(5-6-15(2,3)4)12(14)11(13)8-9/h7-8H,14H2,1-4H3. The van der Waals surface area contributed by atoms with Crippen molar-refractivity contribution in [3.63, 3.8) is 0 Å². The van der Waals surface area contributed by atoms with E-state index in [4.69, 9.17) is 5.73 Å². The summed E-state index contributed by atoms with van der Waals surface area (Å²) >= 11 is 3.44. The molecule has 15 heavy (non-hydrogen) atoms. The maximum absolute atomic E-state index is 5.95. The molecule has 1 nitrogen and oxygen atoms in total. The first-order valence-electron chi connectivity index (χ1n) is 4.88. The van der Waals surface area contributed by atoms with E-state index < -0.39 is 8.07 Å². The molecule has 1 aromatic rings. The van der Waals surface area contributed by atoms with Gasteiger partial charge in [-0.1, -0.05) is 25.6 Å². The van der Waals surface area contributed by atoms with Gasteiger partial charge in [0.15, 0.2) is 0 Å². The second kappa shape index (κ2) is 4.42. The van der Waals surface area contributed by atoms with E-state index in [1.807, 2.05) is 19.1 Å². The minimum atomic E-state index is -1.33. The highest BCUT2D eigenvalue weighted by atomic mass is 79.9. The van der Waals surface area contributed by atoms with Crippen LogP contribution < -0.4 is 5.73 Å². The lowest BCUT2D eigenvalue weighted by Gasteiger charge is -2.06. The summed E-state index contributed by atoms with van der Waals surface area (Å²) in [5.74, 6) is 3.19. The van der Waals surface area contributed by atoms with Crippen molar-refractivity contribution in [2.75, 3.05) is 5.73 Å². The predicted molar refractivity (Wildman–Crippen MR) is 73.5 cm³/mol. The minimum absolute atomic E-state index is 0.742. The zero-order valence-electron chi connectivity index (χ0n) is 9.61. The third-order valence-corrected chi connectivity index (χ3v) is 3.38. The summed E-state index contributed by atoms with van der Waals surface area (Å²) in [4.78, 5) is 0. The van der Waals surface area contributed by atoms with Crippen LogP contribution in [0, 0.1) is 18.4 Å². The number of rotatable bonds is 0. The molecule has 0 amide bonds. The molecule has 2 N–H and O–H groups in total. The molecule has 0 aromatic heterocycles. The quantitative estimate of drug-likeness (QED) is 0.439. The second-order valence-electron chi connectivity index (χ2n) is 4.71. The van der Waals surface area contributed by atoms with Crippen LogP contribution in [0.3, 0.4) is 0 Å². The van der Waals surface area contributed by atoms with E-state index in [-0.39, 0.29) is 0 Å². The highest BCUT2D eigenvalue weighted by Crippen LogP contribution is 2.24. The van der Waals surface area contributed by atoms with Gasteiger partial charge in [-0.25, -0.2) is 0 Å². The van der Waals surface area contributed by atoms with Gasteiger partial charge < -0.3 is 5.73 Å². The van der Waals surface area contributed by atoms with Gasteiger partial charge in [-0.05, 0) is 40.5 Å². The van der Waals surface area contributed by atoms with Crippen molar-refractivity contribution >= 4 is 29.7 Å². The fourth-order valence-electron chi connectivity index (χ4n) is 1.11. The van der Waals surface area contributed by atoms with Crippen LogP contribution in [0.1, 0.15) is 11.1 Å². The SMILES string of the molecule is Cc1cc(Br)c(N)c(C#C[Si](C)(C)C)c1. The van der Waals surface area contributed by atoms with E-state index in [9.17, 15) is 0 Å². The third kappa shape index (κ3) is 3.73. The molecule has 80 valence electrons. The Morgan fingerprint density at radius 3 is 2.40 bits per heavy atom. The smallest absolute Gasteiger partial charge is 0.129 e. The van der Waals surface area contributed by atoms with E-state index in [2.05, 4.69) is 47.0 Å². The average molecular weight is 282 g/mol. The normalized spacial score (nSPS) is 10.7. The molecule has 0 saturated carbocycles. The van der Waals surface area contributed by atoms with Crippen molar-refractivity contribution in [3.05, 3.63) is 27.7 Å². The van der Waals surface area contributed by atoms with Crippen LogP contribution in [-0.4, -0.2) is 8.07 Å². The lowest BCUT2D eigenvalue weighted by atomic mass is 10.1. The number of benzene rings is 1. The van der Waals surface area contributed by atoms with E-state index in [1.54, 1.807) is 0 Å². The van der Waals surface area contributed by atoms with Crippen molar-refractivity contribution in [2.45, 2.75) is 26.6 Å². The number of nitrogen functional groups attached to an aromatic ring is 1. The lowest BCUT2D eigenvalue weighted by Crippen LogP contribution is -2.16. The monoisotopic (exact) mass is 281 g/mol. The predicted octanol–water partition coefficient (Wildman–Crippen LogP) is 3.57. The Bertz CT molecular complexity index is 435. The van der Waals surface area contributed by atoms with Crippen LogP contribution in [0.25, 0.3) is 0 Å². The molecule has 0 aliphatic rings. The van der Waals surface area contributed by atoms with Gasteiger partial charge in [0, 0.05) is 10.0 Å². The number of anilines is 1. The summed E-state index contributed by atoms with van der Waals surface area (Å²) in [6, 6.07) is 4.04. The molecule has 0 aliphatic carbocycles. The van der Waals surface area contributed by atoms with Gasteiger partial charge in [0.05, 0.1) is 5.69 Å². The van der Waals surface area contributed by atoms with Gasteiger partial charge >= 0.3 is 0 Å². The maximum atomic E-state index is 5.95. The van der Waals surface area contributed by atoms with E-state index in [0.717, 1.165) is 15.7 Å². The van der Waals surface area contributed by atoms with Crippen molar-refractivity contribution in [2.24, 2.45) is 0 Å². The Morgan fingerprint density at radius 1 is 1.27 bits per heavy atom. The zero-order chi connectivity index (χ0) is 11.6. The number of halogens is 1. The van der Waals surface area contributed by atoms with Crippen LogP contribution in [-0.2, 0) is 0 Å². The van der Waals surface area contributed by atoms with Gasteiger partial charge in [0.25, 0.3) is 0 Å². The van der Waals surface area contributed by atoms with Gasteiger partial charge in [-0.15, -0.1) is 5.54 Å². The zero-order valence-corrected chi connectivity index (χ0v) is 12.2. The molecular weight excluding hydrogens is 266 g/mol. The van der Waals surface area contributed by atoms with Crippen molar-refractivity contribution in [1.29, 1.82) is 0 Å². The minimum Gasteiger partial charge on any atom is -0.397 e. The summed E-state index contributed by atoms with van der Waals surface area (Å²) in [6.07, 6.45) is 0. The fraction of sp³-hybridized carbons (Fsp3) is 0.333. The summed E-state index contributed by atoms with van der Waals surface area (Å²) in [5.41, 5.74) is 12.1. The maximum Gasteiger partial charge on any atom is 0.129 e. The average Bonchev–Trinajstić information content (AvgIpc) is 2.07. The van der Waals surface area contributed by atoms with Crippen LogP contribution in [0.5, 0.6) is 0 Å². The second-order valence-corrected chi connectivity index (χ2v) is 10.3. The summed E-state index contributed by atoms with van der Waals surface area (Å²) < 4.78 is 0.933. The van der Waals surface area contributed by atoms with Gasteiger partial charge in [0.1, 0.15) is 8.07 Å². The molecule has 0 heterocycles. The Hall–Kier alpha value is -0.723. The van der Waals surface area contributed by atoms with Crippen LogP contribution in [0.15, 0.2) is 16.6 Å². The van der Waals surface area contributed by atoms with Crippen LogP contribution >= 0.6 is 15.9 Å². The molecule has 0 atom stereocenters. The Kier molecular flexibility index (Phi) is 3.64. The molecule has 0 fully saturated rings. The number of hydrogen-bond acceptors (Lipinski definition) is 1. The summed E-state index contributed by atoms with van der Waals surface area (Å²) in [6.45, 7) is 8.72. The van der Waals surface area contributed by atoms with Gasteiger partial charge in [0.2, 0.25) is 0 Å². The van der Waals surface area contributed by atoms with Crippen LogP contribution in [0.2, 0.25) is 19.6 Å². The summed E-state index contributed by atoms with van der Waals surface area (Å²) in [5, 5.41) is 0. The van der Waals surface area contributed by atoms with E-state index >= 15 is 0 Å². The molecule has 0 bridgehead atoms. The topological polar surface area (TPSA) is 26.0 Å². The van der Waals surface area contributed by atoms with E-state index in [0.29, 0.717) is 0 Å². The molecular formula is C12H16BrNSi. The Morgan fingerprint density at radius 2 is 1.87 bits per heavy atom. The Labute approximate surface area is 101 Å². The Balaban J connectivity index is 3.20. The molecule has 1 rings (SSSR count). The number of hydrogen-bond donors (Lipinski definition) is 1. The van der Waals surface area contributed by atoms with Crippen molar-refractivity contribution in [3.8, 4) is 11.5 Å². The molecule has 0 spiro atoms. The molecule has 0 radical (unpaired) electrons. The molecule has 0 saturated heterocycles. The van der Waals surface area contributed by atoms with Crippen LogP contribution in [0.4, 0.5) is 5.69 Å². The number of nitrogens with two attached hydrogens (primary N) is 1. The number of aryl methyl sites for hydroxylation is 1. The van der Waals surface area contributed by atoms with Crippen molar-refractivity contribution in [1.82, 2.24) is 0 Å². The summed E-state index contributed by atoms with van der Waals surface area (Å²) in [7, 11) is -1.33. The largest absolute Gasteiger partial charge is 0.397 e. The first-order chi connectivity index (χ1) is 6.79. The fourth-order valence-corrected chi connectivity index (χ4v) is 2.20. The third-order valence-electron chi connectivity index (χ3n) is 1.85. The van der Waals surface area contributed by atoms with Gasteiger partial charge in [-0.2, -0.15) is 0 Å². The van der Waals surface area contributed by atoms with Gasteiger partial charge in [-0.3, -0.25) is 0 Å². The molecule has 1 aromatic carbocycles. The highest BCUT2D eigenvalue weighted by Gasteiger charge is 2.08. The molecule has 3 heteroatoms. The van der Waals surface area contributed by atoms with E-state index in [1.165, 1.54) is 5.56 Å². The first-order valence-corrected chi connectivity index (χ1v) is 9.18. The first kappa shape index (κ1) is 12.3. The van der Waals surface area contributed by atoms with Crippen molar-refractivity contribution < 1.29 is 0 Å². The molecule has 0 unspecified atom stereocenters. The molecule has 0 aliphatic heterocycles.